The summed E-state index contributed by atoms with van der Waals surface area (Å²) in [6.45, 7) is 1.50. The molecule has 1 heterocycles. The van der Waals surface area contributed by atoms with Gasteiger partial charge in [-0.2, -0.15) is 0 Å². The fourth-order valence-electron chi connectivity index (χ4n) is 0.687. The third-order valence-electron chi connectivity index (χ3n) is 1.26. The molecule has 0 atom stereocenters. The summed E-state index contributed by atoms with van der Waals surface area (Å²) in [5, 5.41) is 0. The Kier molecular flexibility index (Phi) is 2.08. The van der Waals surface area contributed by atoms with Crippen molar-refractivity contribution >= 4 is 27.9 Å². The zero-order valence-electron chi connectivity index (χ0n) is 5.00. The van der Waals surface area contributed by atoms with Gasteiger partial charge in [-0.3, -0.25) is 4.31 Å². The second-order valence-corrected chi connectivity index (χ2v) is 2.87. The number of halogens is 1. The van der Waals surface area contributed by atoms with Crippen molar-refractivity contribution in [2.75, 3.05) is 20.1 Å². The Hall–Kier alpha value is -0.0900. The van der Waals surface area contributed by atoms with E-state index in [0.29, 0.717) is 0 Å². The van der Waals surface area contributed by atoms with Gasteiger partial charge in [-0.1, -0.05) is 0 Å². The van der Waals surface area contributed by atoms with Crippen molar-refractivity contribution in [3.05, 3.63) is 0 Å². The van der Waals surface area contributed by atoms with Crippen LogP contribution in [-0.2, 0) is 0 Å². The van der Waals surface area contributed by atoms with Gasteiger partial charge in [0.25, 0.3) is 0 Å². The van der Waals surface area contributed by atoms with Crippen LogP contribution in [-0.4, -0.2) is 35.4 Å². The molecule has 0 aliphatic carbocycles. The van der Waals surface area contributed by atoms with Crippen LogP contribution >= 0.6 is 21.8 Å². The van der Waals surface area contributed by atoms with Gasteiger partial charge in [0.1, 0.15) is 0 Å². The number of amides is 2. The van der Waals surface area contributed by atoms with Crippen molar-refractivity contribution in [1.82, 2.24) is 9.21 Å². The average Bonchev–Trinajstić information content (AvgIpc) is 2.15. The van der Waals surface area contributed by atoms with Crippen LogP contribution in [0.1, 0.15) is 0 Å². The zero-order chi connectivity index (χ0) is 6.85. The normalized spacial score (nSPS) is 19.6. The highest BCUT2D eigenvalue weighted by atomic mass is 35.7. The van der Waals surface area contributed by atoms with Gasteiger partial charge in [-0.05, 0) is 10.7 Å². The largest absolute Gasteiger partial charge is 0.330 e. The van der Waals surface area contributed by atoms with Crippen molar-refractivity contribution in [1.29, 1.82) is 0 Å². The molecule has 1 aliphatic rings. The minimum Gasteiger partial charge on any atom is -0.325 e. The second-order valence-electron chi connectivity index (χ2n) is 1.88. The first-order chi connectivity index (χ1) is 4.25. The van der Waals surface area contributed by atoms with Crippen LogP contribution in [0.4, 0.5) is 4.79 Å². The number of urea groups is 1. The van der Waals surface area contributed by atoms with E-state index in [2.05, 4.69) is 0 Å². The van der Waals surface area contributed by atoms with Gasteiger partial charge in [-0.15, -0.1) is 0 Å². The highest BCUT2D eigenvalue weighted by molar-refractivity contribution is 8.19. The van der Waals surface area contributed by atoms with Gasteiger partial charge in [0.2, 0.25) is 0 Å². The molecule has 3 nitrogen and oxygen atoms in total. The van der Waals surface area contributed by atoms with Gasteiger partial charge in [0.15, 0.2) is 0 Å². The summed E-state index contributed by atoms with van der Waals surface area (Å²) in [5.41, 5.74) is 0. The lowest BCUT2D eigenvalue weighted by Gasteiger charge is -2.08. The molecule has 2 amide bonds. The third-order valence-corrected chi connectivity index (χ3v) is 2.27. The van der Waals surface area contributed by atoms with E-state index >= 15 is 0 Å². The molecule has 0 spiro atoms. The van der Waals surface area contributed by atoms with E-state index in [9.17, 15) is 4.79 Å². The highest BCUT2D eigenvalue weighted by Crippen LogP contribution is 2.19. The standard InChI is InChI=1S/C4H7ClN2OS/c1-6-2-3-7(9-5)4(6)8/h2-3H2,1H3. The SMILES string of the molecule is CN1CCN(SCl)C1=O. The first-order valence-corrected chi connectivity index (χ1v) is 4.17. The molecule has 1 fully saturated rings. The molecule has 5 heteroatoms. The molecule has 1 saturated heterocycles. The summed E-state index contributed by atoms with van der Waals surface area (Å²) in [5.74, 6) is 0. The van der Waals surface area contributed by atoms with Crippen molar-refractivity contribution < 1.29 is 4.79 Å². The number of likely N-dealkylation sites (N-methyl/N-ethyl adjacent to an activating group) is 1. The van der Waals surface area contributed by atoms with Crippen LogP contribution in [0.3, 0.4) is 0 Å². The zero-order valence-corrected chi connectivity index (χ0v) is 6.58. The van der Waals surface area contributed by atoms with Crippen molar-refractivity contribution in [2.24, 2.45) is 0 Å². The Labute approximate surface area is 62.6 Å². The van der Waals surface area contributed by atoms with Crippen LogP contribution in [0.5, 0.6) is 0 Å². The Morgan fingerprint density at radius 1 is 1.67 bits per heavy atom. The maximum absolute atomic E-state index is 10.9. The number of hydrogen-bond donors (Lipinski definition) is 0. The first kappa shape index (κ1) is 7.02. The quantitative estimate of drug-likeness (QED) is 0.546. The summed E-state index contributed by atoms with van der Waals surface area (Å²) in [6, 6.07) is -0.00463. The second kappa shape index (κ2) is 2.66. The number of rotatable bonds is 1. The summed E-state index contributed by atoms with van der Waals surface area (Å²) in [6.07, 6.45) is 0. The molecule has 0 N–H and O–H groups in total. The molecule has 0 aromatic carbocycles. The third kappa shape index (κ3) is 1.24. The van der Waals surface area contributed by atoms with Gasteiger partial charge >= 0.3 is 6.03 Å². The minimum absolute atomic E-state index is 0.00463. The topological polar surface area (TPSA) is 23.6 Å². The predicted molar refractivity (Wildman–Crippen MR) is 38.2 cm³/mol. The van der Waals surface area contributed by atoms with Crippen LogP contribution in [0.2, 0.25) is 0 Å². The molecular weight excluding hydrogens is 160 g/mol. The van der Waals surface area contributed by atoms with E-state index in [0.717, 1.165) is 24.3 Å². The first-order valence-electron chi connectivity index (χ1n) is 2.57. The van der Waals surface area contributed by atoms with Gasteiger partial charge < -0.3 is 4.90 Å². The van der Waals surface area contributed by atoms with E-state index in [-0.39, 0.29) is 6.03 Å². The average molecular weight is 167 g/mol. The number of nitrogens with zero attached hydrogens (tertiary/aromatic N) is 2. The number of carbonyl (C=O) groups excluding carboxylic acids is 1. The lowest BCUT2D eigenvalue weighted by Crippen LogP contribution is -2.23. The molecule has 9 heavy (non-hydrogen) atoms. The predicted octanol–water partition coefficient (Wildman–Crippen LogP) is 1.16. The lowest BCUT2D eigenvalue weighted by molar-refractivity contribution is 0.216. The molecule has 0 radical (unpaired) electrons. The maximum Gasteiger partial charge on any atom is 0.330 e. The Bertz CT molecular complexity index is 132. The van der Waals surface area contributed by atoms with Crippen molar-refractivity contribution in [3.8, 4) is 0 Å². The van der Waals surface area contributed by atoms with Crippen LogP contribution < -0.4 is 0 Å². The van der Waals surface area contributed by atoms with Gasteiger partial charge in [0, 0.05) is 13.6 Å². The molecule has 1 rings (SSSR count). The molecule has 52 valence electrons. The van der Waals surface area contributed by atoms with E-state index in [4.69, 9.17) is 10.7 Å². The van der Waals surface area contributed by atoms with E-state index < -0.39 is 0 Å². The molecule has 0 aromatic heterocycles. The van der Waals surface area contributed by atoms with E-state index in [1.54, 1.807) is 11.9 Å². The van der Waals surface area contributed by atoms with Gasteiger partial charge in [-0.25, -0.2) is 4.79 Å². The smallest absolute Gasteiger partial charge is 0.325 e. The Balaban J connectivity index is 2.51. The minimum atomic E-state index is -0.00463. The molecule has 0 saturated carbocycles. The summed E-state index contributed by atoms with van der Waals surface area (Å²) >= 11 is 0.959. The Morgan fingerprint density at radius 2 is 2.33 bits per heavy atom. The Morgan fingerprint density at radius 3 is 2.56 bits per heavy atom. The molecule has 0 bridgehead atoms. The fourth-order valence-corrected chi connectivity index (χ4v) is 1.42. The van der Waals surface area contributed by atoms with Crippen molar-refractivity contribution in [3.63, 3.8) is 0 Å². The fraction of sp³-hybridized carbons (Fsp3) is 0.750. The lowest BCUT2D eigenvalue weighted by atomic mass is 10.7. The number of hydrogen-bond acceptors (Lipinski definition) is 2. The molecular formula is C4H7ClN2OS. The van der Waals surface area contributed by atoms with E-state index in [1.807, 2.05) is 0 Å². The maximum atomic E-state index is 10.9. The monoisotopic (exact) mass is 166 g/mol. The van der Waals surface area contributed by atoms with Crippen LogP contribution in [0.25, 0.3) is 0 Å². The molecule has 0 aromatic rings. The molecule has 0 unspecified atom stereocenters. The highest BCUT2D eigenvalue weighted by Gasteiger charge is 2.24. The van der Waals surface area contributed by atoms with Crippen LogP contribution in [0.15, 0.2) is 0 Å². The summed E-state index contributed by atoms with van der Waals surface area (Å²) in [7, 11) is 7.12. The van der Waals surface area contributed by atoms with Crippen molar-refractivity contribution in [2.45, 2.75) is 0 Å². The summed E-state index contributed by atoms with van der Waals surface area (Å²) < 4.78 is 1.52. The molecule has 1 aliphatic heterocycles. The van der Waals surface area contributed by atoms with E-state index in [1.165, 1.54) is 4.31 Å². The van der Waals surface area contributed by atoms with Crippen LogP contribution in [0, 0.1) is 0 Å². The van der Waals surface area contributed by atoms with Gasteiger partial charge in [0.05, 0.1) is 17.7 Å². The number of carbonyl (C=O) groups is 1. The summed E-state index contributed by atoms with van der Waals surface area (Å²) in [4.78, 5) is 12.5.